The molecule has 0 saturated carbocycles. The molecular weight excluding hydrogens is 426 g/mol. The van der Waals surface area contributed by atoms with Crippen LogP contribution in [0.5, 0.6) is 5.75 Å². The van der Waals surface area contributed by atoms with E-state index in [4.69, 9.17) is 4.42 Å². The number of nitrogens with zero attached hydrogens (tertiary/aromatic N) is 3. The molecule has 0 radical (unpaired) electrons. The van der Waals surface area contributed by atoms with Crippen molar-refractivity contribution in [2.24, 2.45) is 5.92 Å². The van der Waals surface area contributed by atoms with Crippen molar-refractivity contribution in [1.82, 2.24) is 13.6 Å². The molecule has 0 spiro atoms. The highest BCUT2D eigenvalue weighted by atomic mass is 32.1. The van der Waals surface area contributed by atoms with Crippen molar-refractivity contribution in [3.8, 4) is 5.75 Å². The van der Waals surface area contributed by atoms with Gasteiger partial charge in [-0.1, -0.05) is 26.8 Å². The minimum Gasteiger partial charge on any atom is -0.505 e. The Morgan fingerprint density at radius 1 is 1.22 bits per heavy atom. The largest absolute Gasteiger partial charge is 0.505 e. The molecule has 0 aliphatic carbocycles. The lowest BCUT2D eigenvalue weighted by atomic mass is 10.0. The normalized spacial score (nSPS) is 12.1. The van der Waals surface area contributed by atoms with Crippen LogP contribution < -0.4 is 10.6 Å². The number of carbonyl (C=O) groups excluding carboxylic acids is 1. The van der Waals surface area contributed by atoms with E-state index in [1.807, 2.05) is 32.9 Å². The Kier molecular flexibility index (Phi) is 7.08. The fraction of sp³-hybridized carbons (Fsp3) is 0.435. The lowest BCUT2D eigenvalue weighted by Crippen LogP contribution is -2.23. The van der Waals surface area contributed by atoms with Crippen LogP contribution in [-0.2, 0) is 6.42 Å². The molecular formula is C23H31N5O3S. The van der Waals surface area contributed by atoms with Crippen LogP contribution in [0.2, 0.25) is 0 Å². The number of hydrogen-bond donors (Lipinski definition) is 3. The third kappa shape index (κ3) is 4.72. The molecule has 2 heterocycles. The van der Waals surface area contributed by atoms with E-state index in [1.54, 1.807) is 20.2 Å². The van der Waals surface area contributed by atoms with Gasteiger partial charge in [-0.05, 0) is 49.4 Å². The first kappa shape index (κ1) is 23.6. The van der Waals surface area contributed by atoms with E-state index in [2.05, 4.69) is 33.2 Å². The third-order valence-corrected chi connectivity index (χ3v) is 5.99. The Morgan fingerprint density at radius 3 is 2.47 bits per heavy atom. The van der Waals surface area contributed by atoms with Crippen LogP contribution in [0.3, 0.4) is 0 Å². The minimum atomic E-state index is -0.249. The molecule has 3 aromatic rings. The number of aromatic hydroxyl groups is 1. The summed E-state index contributed by atoms with van der Waals surface area (Å²) in [5.74, 6) is 2.64. The lowest BCUT2D eigenvalue weighted by molar-refractivity contribution is 0.0823. The van der Waals surface area contributed by atoms with Gasteiger partial charge in [-0.25, -0.2) is 0 Å². The smallest absolute Gasteiger partial charge is 0.257 e. The quantitative estimate of drug-likeness (QED) is 0.396. The second-order valence-electron chi connectivity index (χ2n) is 8.39. The van der Waals surface area contributed by atoms with Crippen LogP contribution in [0.1, 0.15) is 59.8 Å². The number of nitrogens with one attached hydrogen (secondary N) is 2. The topological polar surface area (TPSA) is 104 Å². The zero-order valence-electron chi connectivity index (χ0n) is 19.6. The van der Waals surface area contributed by atoms with E-state index in [-0.39, 0.29) is 23.6 Å². The molecule has 0 saturated heterocycles. The Labute approximate surface area is 193 Å². The number of aryl methyl sites for hydroxylation is 3. The van der Waals surface area contributed by atoms with Crippen LogP contribution in [0.15, 0.2) is 22.6 Å². The maximum atomic E-state index is 12.7. The Balaban J connectivity index is 1.92. The lowest BCUT2D eigenvalue weighted by Gasteiger charge is -2.21. The van der Waals surface area contributed by atoms with Gasteiger partial charge in [0.1, 0.15) is 11.5 Å². The Hall–Kier alpha value is -3.07. The summed E-state index contributed by atoms with van der Waals surface area (Å²) in [6.45, 7) is 10.1. The van der Waals surface area contributed by atoms with Gasteiger partial charge >= 0.3 is 0 Å². The number of anilines is 3. The van der Waals surface area contributed by atoms with Crippen LogP contribution in [0.25, 0.3) is 0 Å². The van der Waals surface area contributed by atoms with Gasteiger partial charge in [0.25, 0.3) is 5.91 Å². The standard InChI is InChI=1S/C23H31N5O3S/c1-8-15-9-10-16(20(29)18(15)23(30)28(6)7)24-21-22(27-32-26-21)25-19(12(2)3)17-11-13(4)14(5)31-17/h9-12,19,29H,8H2,1-7H3,(H,24,26)(H,25,27)/t19-/m1/s1. The van der Waals surface area contributed by atoms with E-state index < -0.39 is 0 Å². The highest BCUT2D eigenvalue weighted by Crippen LogP contribution is 2.37. The molecule has 0 aliphatic heterocycles. The summed E-state index contributed by atoms with van der Waals surface area (Å²) in [4.78, 5) is 14.1. The second-order valence-corrected chi connectivity index (χ2v) is 8.92. The predicted octanol–water partition coefficient (Wildman–Crippen LogP) is 5.27. The SMILES string of the molecule is CCc1ccc(Nc2nsnc2N[C@@H](c2cc(C)c(C)o2)C(C)C)c(O)c1C(=O)N(C)C. The summed E-state index contributed by atoms with van der Waals surface area (Å²) in [6, 6.07) is 5.53. The van der Waals surface area contributed by atoms with Gasteiger partial charge < -0.3 is 25.1 Å². The molecule has 3 N–H and O–H groups in total. The number of phenolic OH excluding ortho intramolecular Hbond substituents is 1. The van der Waals surface area contributed by atoms with Gasteiger partial charge in [0, 0.05) is 14.1 Å². The van der Waals surface area contributed by atoms with E-state index in [9.17, 15) is 9.90 Å². The first-order valence-corrected chi connectivity index (χ1v) is 11.4. The van der Waals surface area contributed by atoms with Crippen molar-refractivity contribution in [3.05, 3.63) is 46.4 Å². The average Bonchev–Trinajstić information content (AvgIpc) is 3.32. The van der Waals surface area contributed by atoms with Gasteiger partial charge in [-0.3, -0.25) is 4.79 Å². The van der Waals surface area contributed by atoms with Crippen molar-refractivity contribution in [2.45, 2.75) is 47.1 Å². The van der Waals surface area contributed by atoms with Crippen molar-refractivity contribution in [3.63, 3.8) is 0 Å². The van der Waals surface area contributed by atoms with Crippen LogP contribution in [0, 0.1) is 19.8 Å². The van der Waals surface area contributed by atoms with Gasteiger partial charge in [0.15, 0.2) is 17.4 Å². The molecule has 8 nitrogen and oxygen atoms in total. The molecule has 32 heavy (non-hydrogen) atoms. The average molecular weight is 458 g/mol. The molecule has 2 aromatic heterocycles. The monoisotopic (exact) mass is 457 g/mol. The fourth-order valence-corrected chi connectivity index (χ4v) is 3.93. The third-order valence-electron chi connectivity index (χ3n) is 5.46. The molecule has 0 aliphatic rings. The summed E-state index contributed by atoms with van der Waals surface area (Å²) in [5.41, 5.74) is 2.57. The van der Waals surface area contributed by atoms with Crippen molar-refractivity contribution in [2.75, 3.05) is 24.7 Å². The second kappa shape index (κ2) is 9.60. The summed E-state index contributed by atoms with van der Waals surface area (Å²) >= 11 is 1.06. The van der Waals surface area contributed by atoms with Gasteiger partial charge in [-0.15, -0.1) is 0 Å². The highest BCUT2D eigenvalue weighted by molar-refractivity contribution is 6.99. The molecule has 9 heteroatoms. The molecule has 1 amide bonds. The molecule has 172 valence electrons. The van der Waals surface area contributed by atoms with Crippen LogP contribution in [0.4, 0.5) is 17.3 Å². The number of aromatic nitrogens is 2. The number of benzene rings is 1. The van der Waals surface area contributed by atoms with Crippen molar-refractivity contribution < 1.29 is 14.3 Å². The van der Waals surface area contributed by atoms with Crippen molar-refractivity contribution in [1.29, 1.82) is 0 Å². The highest BCUT2D eigenvalue weighted by Gasteiger charge is 2.25. The summed E-state index contributed by atoms with van der Waals surface area (Å²) < 4.78 is 14.7. The van der Waals surface area contributed by atoms with Crippen LogP contribution >= 0.6 is 11.7 Å². The van der Waals surface area contributed by atoms with Gasteiger partial charge in [-0.2, -0.15) is 8.75 Å². The number of hydrogen-bond acceptors (Lipinski definition) is 8. The predicted molar refractivity (Wildman–Crippen MR) is 128 cm³/mol. The molecule has 1 atom stereocenters. The number of phenols is 1. The molecule has 0 bridgehead atoms. The summed E-state index contributed by atoms with van der Waals surface area (Å²) in [7, 11) is 3.33. The number of rotatable bonds is 8. The van der Waals surface area contributed by atoms with Crippen molar-refractivity contribution >= 4 is 35.0 Å². The van der Waals surface area contributed by atoms with Gasteiger partial charge in [0.05, 0.1) is 29.0 Å². The van der Waals surface area contributed by atoms with E-state index in [0.29, 0.717) is 29.3 Å². The zero-order valence-corrected chi connectivity index (χ0v) is 20.4. The molecule has 3 rings (SSSR count). The maximum Gasteiger partial charge on any atom is 0.257 e. The minimum absolute atomic E-state index is 0.0975. The number of furan rings is 1. The maximum absolute atomic E-state index is 12.7. The first-order valence-electron chi connectivity index (χ1n) is 10.6. The van der Waals surface area contributed by atoms with E-state index in [0.717, 1.165) is 34.4 Å². The molecule has 1 aromatic carbocycles. The number of carbonyl (C=O) groups is 1. The van der Waals surface area contributed by atoms with E-state index in [1.165, 1.54) is 4.90 Å². The fourth-order valence-electron chi connectivity index (χ4n) is 3.45. The Morgan fingerprint density at radius 2 is 1.91 bits per heavy atom. The first-order chi connectivity index (χ1) is 15.1. The van der Waals surface area contributed by atoms with Gasteiger partial charge in [0.2, 0.25) is 0 Å². The Bertz CT molecular complexity index is 1080. The molecule has 0 fully saturated rings. The summed E-state index contributed by atoms with van der Waals surface area (Å²) in [5, 5.41) is 17.5. The zero-order chi connectivity index (χ0) is 23.6. The van der Waals surface area contributed by atoms with E-state index >= 15 is 0 Å². The molecule has 0 unspecified atom stereocenters. The van der Waals surface area contributed by atoms with Crippen LogP contribution in [-0.4, -0.2) is 38.8 Å². The summed E-state index contributed by atoms with van der Waals surface area (Å²) in [6.07, 6.45) is 0.631. The number of amides is 1.